The van der Waals surface area contributed by atoms with Gasteiger partial charge in [-0.2, -0.15) is 36.2 Å². The summed E-state index contributed by atoms with van der Waals surface area (Å²) in [7, 11) is 0. The molecule has 1 fully saturated rings. The van der Waals surface area contributed by atoms with Gasteiger partial charge in [0.05, 0.1) is 0 Å². The first kappa shape index (κ1) is 68.8. The molecule has 4 aromatic rings. The van der Waals surface area contributed by atoms with E-state index in [4.69, 9.17) is 28.7 Å². The second-order valence-corrected chi connectivity index (χ2v) is 23.9. The molecule has 2 aliphatic rings. The minimum Gasteiger partial charge on any atom is -0.370 e. The number of carbonyl (C=O) groups excluding carboxylic acids is 9. The number of benzene rings is 4. The van der Waals surface area contributed by atoms with Crippen molar-refractivity contribution in [2.75, 3.05) is 36.9 Å². The molecule has 0 radical (unpaired) electrons. The van der Waals surface area contributed by atoms with E-state index in [0.29, 0.717) is 29.9 Å². The fraction of sp³-hybridized carbons (Fsp3) is 0.426. The first-order chi connectivity index (χ1) is 42.3. The Labute approximate surface area is 526 Å². The monoisotopic (exact) mass is 1260 g/mol. The minimum atomic E-state index is -1.41. The van der Waals surface area contributed by atoms with Crippen molar-refractivity contribution in [2.45, 2.75) is 125 Å². The quantitative estimate of drug-likeness (QED) is 0.0327. The second-order valence-electron chi connectivity index (χ2n) is 21.5. The van der Waals surface area contributed by atoms with E-state index in [-0.39, 0.29) is 93.8 Å². The molecule has 0 spiro atoms. The molecule has 4 bridgehead atoms. The molecule has 27 heteroatoms. The van der Waals surface area contributed by atoms with Gasteiger partial charge in [0.25, 0.3) is 0 Å². The Balaban J connectivity index is 1.34. The maximum atomic E-state index is 14.9. The van der Waals surface area contributed by atoms with Crippen molar-refractivity contribution in [3.63, 3.8) is 0 Å². The van der Waals surface area contributed by atoms with Crippen LogP contribution in [-0.4, -0.2) is 155 Å². The zero-order chi connectivity index (χ0) is 63.5. The molecule has 2 heterocycles. The number of hydrogen-bond donors (Lipinski definition) is 13. The maximum absolute atomic E-state index is 14.9. The van der Waals surface area contributed by atoms with Crippen molar-refractivity contribution in [2.24, 2.45) is 38.7 Å². The topological polar surface area (TPSA) is 396 Å². The average molecular weight is 1260 g/mol. The highest BCUT2D eigenvalue weighted by atomic mass is 32.2. The average Bonchev–Trinajstić information content (AvgIpc) is 4.22. The summed E-state index contributed by atoms with van der Waals surface area (Å²) in [6.07, 6.45) is 1.47. The van der Waals surface area contributed by atoms with Crippen LogP contribution in [0.1, 0.15) is 78.8 Å². The fourth-order valence-corrected chi connectivity index (χ4v) is 12.4. The van der Waals surface area contributed by atoms with Gasteiger partial charge in [-0.25, -0.2) is 0 Å². The molecule has 0 aliphatic carbocycles. The Morgan fingerprint density at radius 3 is 1.56 bits per heavy atom. The number of thiol groups is 1. The molecular formula is C61H81N15O9S3. The standard InChI is InChI=1S/C61H81N15O9S3/c1-37(77)69-50-36-88-34-43-20-9-18-41(29-43)27-40-17-8-19-42(28-40)33-87-35-49(52(62)78)75-55(81)46(30-38-13-4-2-5-14-38)72-53(79)44(21-10-24-67-60(63)64)70-56(82)48(32-86)74-54(80)45(22-11-25-68-61(65)66)71-58(84)51-23-12-26-76(51)59(85)47(73-57(50)83)31-39-15-6-3-7-16-39/h2-9,13-20,28-29,44-51,86H,10-12,21-27,30-36H2,1H3,(H2,62,78)(H,69,77)(H,70,82)(H,71,84)(H,72,79)(H,73,83)(H,74,80)(H,75,81)(H4,63,64,67)(H4,65,66,68)/t44-,45-,46-,47-,48-,49-,50-,51-/m0/s1. The number of primary amides is 1. The Kier molecular flexibility index (Phi) is 27.8. The summed E-state index contributed by atoms with van der Waals surface area (Å²) in [5.41, 5.74) is 33.6. The Bertz CT molecular complexity index is 3100. The molecule has 472 valence electrons. The number of guanidine groups is 2. The van der Waals surface area contributed by atoms with E-state index in [9.17, 15) is 43.2 Å². The zero-order valence-corrected chi connectivity index (χ0v) is 51.7. The summed E-state index contributed by atoms with van der Waals surface area (Å²) in [5.74, 6) is -5.77. The van der Waals surface area contributed by atoms with Crippen molar-refractivity contribution in [3.8, 4) is 0 Å². The molecule has 8 atom stereocenters. The van der Waals surface area contributed by atoms with E-state index < -0.39 is 101 Å². The van der Waals surface area contributed by atoms with Gasteiger partial charge in [-0.15, -0.1) is 0 Å². The highest BCUT2D eigenvalue weighted by Gasteiger charge is 2.40. The van der Waals surface area contributed by atoms with E-state index in [0.717, 1.165) is 27.8 Å². The third-order valence-corrected chi connectivity index (χ3v) is 17.1. The van der Waals surface area contributed by atoms with Crippen LogP contribution in [0, 0.1) is 0 Å². The molecule has 24 nitrogen and oxygen atoms in total. The lowest BCUT2D eigenvalue weighted by molar-refractivity contribution is -0.142. The smallest absolute Gasteiger partial charge is 0.246 e. The Morgan fingerprint density at radius 2 is 1.03 bits per heavy atom. The minimum absolute atomic E-state index is 0.0253. The molecule has 9 amide bonds. The number of aliphatic imine (C=N–C) groups is 2. The van der Waals surface area contributed by atoms with Crippen LogP contribution in [0.3, 0.4) is 0 Å². The van der Waals surface area contributed by atoms with Gasteiger partial charge < -0.3 is 70.8 Å². The molecule has 0 aromatic heterocycles. The number of carbonyl (C=O) groups is 9. The number of amides is 9. The summed E-state index contributed by atoms with van der Waals surface area (Å²) in [6, 6.07) is 24.0. The van der Waals surface area contributed by atoms with Crippen molar-refractivity contribution in [1.29, 1.82) is 0 Å². The summed E-state index contributed by atoms with van der Waals surface area (Å²) >= 11 is 7.20. The lowest BCUT2D eigenvalue weighted by Crippen LogP contribution is -2.60. The third-order valence-electron chi connectivity index (χ3n) is 14.5. The van der Waals surface area contributed by atoms with Gasteiger partial charge in [0.2, 0.25) is 53.2 Å². The van der Waals surface area contributed by atoms with Crippen LogP contribution in [0.25, 0.3) is 0 Å². The fourth-order valence-electron chi connectivity index (χ4n) is 10.1. The van der Waals surface area contributed by atoms with Crippen LogP contribution >= 0.6 is 36.2 Å². The summed E-state index contributed by atoms with van der Waals surface area (Å²) in [5, 5.41) is 19.3. The lowest BCUT2D eigenvalue weighted by atomic mass is 10.0. The molecule has 88 heavy (non-hydrogen) atoms. The molecular weight excluding hydrogens is 1180 g/mol. The SMILES string of the molecule is CC(=O)N[C@H]1CSCc2cccc(c2)Cc2cccc(c2)CSC[C@@H](C(N)=O)NC(=O)[C@H](Cc2ccccc2)NC(=O)[C@H](CCCN=C(N)N)NC(=O)[C@H](CS)NC(=O)[C@H](CCCN=C(N)N)NC(=O)[C@@H]2CCCN2C(=O)[C@H](Cc2ccccc2)NC1=O. The van der Waals surface area contributed by atoms with Crippen LogP contribution in [0.5, 0.6) is 0 Å². The van der Waals surface area contributed by atoms with Gasteiger partial charge in [0, 0.05) is 68.2 Å². The van der Waals surface area contributed by atoms with E-state index >= 15 is 0 Å². The van der Waals surface area contributed by atoms with Crippen LogP contribution < -0.4 is 65.9 Å². The Hall–Kier alpha value is -8.30. The number of nitrogens with two attached hydrogens (primary N) is 5. The molecule has 17 N–H and O–H groups in total. The number of nitrogens with zero attached hydrogens (tertiary/aromatic N) is 3. The Morgan fingerprint density at radius 1 is 0.568 bits per heavy atom. The van der Waals surface area contributed by atoms with Gasteiger partial charge in [0.15, 0.2) is 11.9 Å². The maximum Gasteiger partial charge on any atom is 0.246 e. The van der Waals surface area contributed by atoms with Crippen molar-refractivity contribution >= 4 is 101 Å². The summed E-state index contributed by atoms with van der Waals surface area (Å²) in [4.78, 5) is 136. The molecule has 1 saturated heterocycles. The van der Waals surface area contributed by atoms with Crippen molar-refractivity contribution in [1.82, 2.24) is 42.1 Å². The van der Waals surface area contributed by atoms with E-state index in [1.807, 2.05) is 54.6 Å². The van der Waals surface area contributed by atoms with Crippen molar-refractivity contribution in [3.05, 3.63) is 143 Å². The molecule has 0 saturated carbocycles. The molecule has 2 aliphatic heterocycles. The number of hydrogen-bond acceptors (Lipinski definition) is 14. The van der Waals surface area contributed by atoms with Gasteiger partial charge in [0.1, 0.15) is 48.3 Å². The van der Waals surface area contributed by atoms with Gasteiger partial charge in [-0.3, -0.25) is 53.1 Å². The third kappa shape index (κ3) is 22.8. The summed E-state index contributed by atoms with van der Waals surface area (Å²) < 4.78 is 0. The number of fused-ring (bicyclic) bond motifs is 5. The number of thioether (sulfide) groups is 2. The van der Waals surface area contributed by atoms with Crippen LogP contribution in [0.2, 0.25) is 0 Å². The molecule has 6 rings (SSSR count). The molecule has 0 unspecified atom stereocenters. The predicted molar refractivity (Wildman–Crippen MR) is 345 cm³/mol. The van der Waals surface area contributed by atoms with Crippen LogP contribution in [0.4, 0.5) is 0 Å². The summed E-state index contributed by atoms with van der Waals surface area (Å²) in [6.45, 7) is 1.57. The number of rotatable bonds is 15. The lowest BCUT2D eigenvalue weighted by Gasteiger charge is -2.31. The first-order valence-corrected chi connectivity index (χ1v) is 32.0. The highest BCUT2D eigenvalue weighted by Crippen LogP contribution is 2.23. The van der Waals surface area contributed by atoms with Gasteiger partial charge in [-0.05, 0) is 78.3 Å². The van der Waals surface area contributed by atoms with Gasteiger partial charge >= 0.3 is 0 Å². The highest BCUT2D eigenvalue weighted by molar-refractivity contribution is 7.98. The zero-order valence-electron chi connectivity index (χ0n) is 49.2. The largest absolute Gasteiger partial charge is 0.370 e. The van der Waals surface area contributed by atoms with Crippen LogP contribution in [-0.2, 0) is 73.9 Å². The molecule has 4 aromatic carbocycles. The normalized spacial score (nSPS) is 22.5. The second kappa shape index (κ2) is 35.5. The van der Waals surface area contributed by atoms with Crippen molar-refractivity contribution < 1.29 is 43.2 Å². The van der Waals surface area contributed by atoms with E-state index in [2.05, 4.69) is 72.0 Å². The van der Waals surface area contributed by atoms with Gasteiger partial charge in [-0.1, -0.05) is 109 Å². The predicted octanol–water partition coefficient (Wildman–Crippen LogP) is 0.170. The first-order valence-electron chi connectivity index (χ1n) is 29.1. The number of nitrogens with one attached hydrogen (secondary N) is 7. The van der Waals surface area contributed by atoms with E-state index in [1.54, 1.807) is 42.5 Å². The van der Waals surface area contributed by atoms with Crippen LogP contribution in [0.15, 0.2) is 119 Å². The van der Waals surface area contributed by atoms with E-state index in [1.165, 1.54) is 35.3 Å².